The fourth-order valence-electron chi connectivity index (χ4n) is 1.16. The zero-order valence-electron chi connectivity index (χ0n) is 8.33. The van der Waals surface area contributed by atoms with Gasteiger partial charge in [-0.15, -0.1) is 12.4 Å². The van der Waals surface area contributed by atoms with Crippen molar-refractivity contribution in [2.75, 3.05) is 6.61 Å². The first-order valence-corrected chi connectivity index (χ1v) is 5.39. The highest BCUT2D eigenvalue weighted by Crippen LogP contribution is 2.41. The summed E-state index contributed by atoms with van der Waals surface area (Å²) in [5.41, 5.74) is 4.98. The Balaban J connectivity index is 0.00000256. The van der Waals surface area contributed by atoms with Gasteiger partial charge in [-0.3, -0.25) is 0 Å². The van der Waals surface area contributed by atoms with Gasteiger partial charge in [0.15, 0.2) is 0 Å². The quantitative estimate of drug-likeness (QED) is 0.783. The molecule has 0 saturated heterocycles. The van der Waals surface area contributed by atoms with Crippen LogP contribution in [0.2, 0.25) is 5.02 Å². The predicted molar refractivity (Wildman–Crippen MR) is 67.0 cm³/mol. The second-order valence-electron chi connectivity index (χ2n) is 3.19. The first kappa shape index (κ1) is 16.9. The number of aromatic hydroxyl groups is 1. The topological polar surface area (TPSA) is 66.5 Å². The number of phenols is 1. The van der Waals surface area contributed by atoms with Crippen LogP contribution in [0.25, 0.3) is 0 Å². The summed E-state index contributed by atoms with van der Waals surface area (Å²) in [6.07, 6.45) is 0. The lowest BCUT2D eigenvalue weighted by Crippen LogP contribution is -2.36. The molecule has 0 amide bonds. The van der Waals surface area contributed by atoms with E-state index in [4.69, 9.17) is 22.4 Å². The molecule has 0 aliphatic heterocycles. The Hall–Kier alpha value is -0.140. The van der Waals surface area contributed by atoms with E-state index in [0.29, 0.717) is 0 Å². The predicted octanol–water partition coefficient (Wildman–Crippen LogP) is 2.86. The summed E-state index contributed by atoms with van der Waals surface area (Å²) < 4.78 is 26.5. The molecule has 1 rings (SSSR count). The maximum Gasteiger partial charge on any atom is 0.289 e. The van der Waals surface area contributed by atoms with Gasteiger partial charge in [0.2, 0.25) is 0 Å². The van der Waals surface area contributed by atoms with Crippen molar-refractivity contribution in [1.29, 1.82) is 0 Å². The molecule has 0 heterocycles. The largest absolute Gasteiger partial charge is 0.506 e. The van der Waals surface area contributed by atoms with E-state index >= 15 is 0 Å². The number of aliphatic hydroxyl groups excluding tert-OH is 1. The summed E-state index contributed by atoms with van der Waals surface area (Å²) in [6.45, 7) is -1.42. The molecule has 0 aliphatic carbocycles. The number of halogens is 5. The van der Waals surface area contributed by atoms with Gasteiger partial charge < -0.3 is 15.9 Å². The van der Waals surface area contributed by atoms with E-state index in [9.17, 15) is 13.9 Å². The van der Waals surface area contributed by atoms with Crippen LogP contribution in [0.15, 0.2) is 16.6 Å². The molecule has 0 aliphatic rings. The van der Waals surface area contributed by atoms with E-state index in [1.165, 1.54) is 12.1 Å². The SMILES string of the molecule is Cl.N[C@H](c1c(Cl)ccc(Br)c1O)C(F)(F)CO. The van der Waals surface area contributed by atoms with Crippen molar-refractivity contribution in [2.45, 2.75) is 12.0 Å². The zero-order valence-corrected chi connectivity index (χ0v) is 11.5. The normalized spacial score (nSPS) is 13.1. The minimum Gasteiger partial charge on any atom is -0.506 e. The van der Waals surface area contributed by atoms with Gasteiger partial charge in [-0.05, 0) is 28.1 Å². The Bertz CT molecular complexity index is 407. The molecule has 98 valence electrons. The number of phenolic OH excluding ortho intramolecular Hbond substituents is 1. The maximum atomic E-state index is 13.2. The van der Waals surface area contributed by atoms with Crippen LogP contribution in [0.1, 0.15) is 11.6 Å². The number of hydrogen-bond acceptors (Lipinski definition) is 3. The van der Waals surface area contributed by atoms with E-state index in [-0.39, 0.29) is 27.5 Å². The van der Waals surface area contributed by atoms with Gasteiger partial charge >= 0.3 is 0 Å². The Morgan fingerprint density at radius 2 is 2.00 bits per heavy atom. The molecule has 0 spiro atoms. The van der Waals surface area contributed by atoms with Gasteiger partial charge in [0.05, 0.1) is 4.47 Å². The molecule has 0 fully saturated rings. The summed E-state index contributed by atoms with van der Waals surface area (Å²) >= 11 is 8.65. The number of alkyl halides is 2. The molecular weight excluding hydrogens is 343 g/mol. The zero-order chi connectivity index (χ0) is 12.5. The van der Waals surface area contributed by atoms with Crippen LogP contribution in [0, 0.1) is 0 Å². The molecule has 3 nitrogen and oxygen atoms in total. The summed E-state index contributed by atoms with van der Waals surface area (Å²) in [5, 5.41) is 18.0. The first-order chi connectivity index (χ1) is 7.31. The molecule has 1 aromatic rings. The molecule has 4 N–H and O–H groups in total. The van der Waals surface area contributed by atoms with Crippen LogP contribution in [0.3, 0.4) is 0 Å². The van der Waals surface area contributed by atoms with Crippen molar-refractivity contribution in [3.63, 3.8) is 0 Å². The van der Waals surface area contributed by atoms with Crippen molar-refractivity contribution in [3.05, 3.63) is 27.2 Å². The average Bonchev–Trinajstić information content (AvgIpc) is 2.24. The fraction of sp³-hybridized carbons (Fsp3) is 0.333. The number of nitrogens with two attached hydrogens (primary N) is 1. The van der Waals surface area contributed by atoms with E-state index in [1.807, 2.05) is 0 Å². The van der Waals surface area contributed by atoms with Crippen molar-refractivity contribution in [1.82, 2.24) is 0 Å². The van der Waals surface area contributed by atoms with E-state index in [1.54, 1.807) is 0 Å². The van der Waals surface area contributed by atoms with Crippen molar-refractivity contribution >= 4 is 39.9 Å². The lowest BCUT2D eigenvalue weighted by Gasteiger charge is -2.23. The van der Waals surface area contributed by atoms with Crippen LogP contribution in [-0.2, 0) is 0 Å². The summed E-state index contributed by atoms with van der Waals surface area (Å²) in [6, 6.07) is 0.862. The molecule has 8 heteroatoms. The summed E-state index contributed by atoms with van der Waals surface area (Å²) in [7, 11) is 0. The summed E-state index contributed by atoms with van der Waals surface area (Å²) in [4.78, 5) is 0. The number of aliphatic hydroxyl groups is 1. The molecule has 0 radical (unpaired) electrons. The lowest BCUT2D eigenvalue weighted by molar-refractivity contribution is -0.0715. The number of hydrogen-bond donors (Lipinski definition) is 3. The standard InChI is InChI=1S/C9H9BrClF2NO2.ClH/c10-4-1-2-5(11)6(7(4)16)8(14)9(12,13)3-15;/h1-2,8,15-16H,3,14H2;1H/t8-;/m1./s1. The van der Waals surface area contributed by atoms with Crippen LogP contribution in [-0.4, -0.2) is 22.7 Å². The van der Waals surface area contributed by atoms with Gasteiger partial charge in [0, 0.05) is 10.6 Å². The first-order valence-electron chi connectivity index (χ1n) is 4.22. The minimum atomic E-state index is -3.55. The Labute approximate surface area is 116 Å². The summed E-state index contributed by atoms with van der Waals surface area (Å²) in [5.74, 6) is -4.00. The van der Waals surface area contributed by atoms with Crippen molar-refractivity contribution in [2.24, 2.45) is 5.73 Å². The van der Waals surface area contributed by atoms with Crippen LogP contribution < -0.4 is 5.73 Å². The maximum absolute atomic E-state index is 13.2. The van der Waals surface area contributed by atoms with Gasteiger partial charge in [0.1, 0.15) is 18.4 Å². The number of rotatable bonds is 3. The van der Waals surface area contributed by atoms with Gasteiger partial charge in [-0.25, -0.2) is 8.78 Å². The molecule has 0 saturated carbocycles. The lowest BCUT2D eigenvalue weighted by atomic mass is 10.0. The second-order valence-corrected chi connectivity index (χ2v) is 4.45. The van der Waals surface area contributed by atoms with E-state index in [2.05, 4.69) is 15.9 Å². The molecule has 0 unspecified atom stereocenters. The second kappa shape index (κ2) is 6.15. The van der Waals surface area contributed by atoms with Crippen LogP contribution in [0.5, 0.6) is 5.75 Å². The molecular formula is C9H10BrCl2F2NO2. The Kier molecular flexibility index (Phi) is 6.10. The van der Waals surface area contributed by atoms with Crippen LogP contribution >= 0.6 is 39.9 Å². The van der Waals surface area contributed by atoms with Gasteiger partial charge in [-0.1, -0.05) is 11.6 Å². The monoisotopic (exact) mass is 351 g/mol. The average molecular weight is 353 g/mol. The third-order valence-electron chi connectivity index (χ3n) is 2.09. The third kappa shape index (κ3) is 3.42. The molecule has 0 bridgehead atoms. The fourth-order valence-corrected chi connectivity index (χ4v) is 1.78. The van der Waals surface area contributed by atoms with E-state index in [0.717, 1.165) is 0 Å². The molecule has 1 aromatic carbocycles. The van der Waals surface area contributed by atoms with E-state index < -0.39 is 24.3 Å². The Morgan fingerprint density at radius 3 is 2.47 bits per heavy atom. The van der Waals surface area contributed by atoms with Crippen LogP contribution in [0.4, 0.5) is 8.78 Å². The third-order valence-corrected chi connectivity index (χ3v) is 3.06. The van der Waals surface area contributed by atoms with Gasteiger partial charge in [0.25, 0.3) is 5.92 Å². The molecule has 17 heavy (non-hydrogen) atoms. The molecule has 0 aromatic heterocycles. The highest BCUT2D eigenvalue weighted by atomic mass is 79.9. The van der Waals surface area contributed by atoms with Gasteiger partial charge in [-0.2, -0.15) is 0 Å². The van der Waals surface area contributed by atoms with Crippen molar-refractivity contribution in [3.8, 4) is 5.75 Å². The minimum absolute atomic E-state index is 0. The molecule has 1 atom stereocenters. The number of benzene rings is 1. The highest BCUT2D eigenvalue weighted by molar-refractivity contribution is 9.10. The van der Waals surface area contributed by atoms with Crippen molar-refractivity contribution < 1.29 is 19.0 Å². The smallest absolute Gasteiger partial charge is 0.289 e. The highest BCUT2D eigenvalue weighted by Gasteiger charge is 2.40. The Morgan fingerprint density at radius 1 is 1.47 bits per heavy atom.